The fourth-order valence-corrected chi connectivity index (χ4v) is 4.38. The molecule has 0 unspecified atom stereocenters. The molecule has 156 valence electrons. The van der Waals surface area contributed by atoms with Gasteiger partial charge >= 0.3 is 0 Å². The van der Waals surface area contributed by atoms with Gasteiger partial charge in [-0.3, -0.25) is 5.41 Å². The Bertz CT molecular complexity index is 1330. The molecule has 0 aliphatic heterocycles. The van der Waals surface area contributed by atoms with E-state index in [1.165, 1.54) is 16.5 Å². The van der Waals surface area contributed by atoms with Gasteiger partial charge in [-0.25, -0.2) is 0 Å². The summed E-state index contributed by atoms with van der Waals surface area (Å²) in [5, 5.41) is 13.5. The lowest BCUT2D eigenvalue weighted by molar-refractivity contribution is 0.420. The molecule has 4 aromatic rings. The van der Waals surface area contributed by atoms with E-state index in [4.69, 9.17) is 10.1 Å². The van der Waals surface area contributed by atoms with Gasteiger partial charge in [0, 0.05) is 30.3 Å². The van der Waals surface area contributed by atoms with Gasteiger partial charge < -0.3 is 14.5 Å². The van der Waals surface area contributed by atoms with Gasteiger partial charge in [-0.15, -0.1) is 12.4 Å². The molecule has 0 bridgehead atoms. The zero-order valence-corrected chi connectivity index (χ0v) is 18.5. The van der Waals surface area contributed by atoms with Crippen molar-refractivity contribution in [2.45, 2.75) is 0 Å². The van der Waals surface area contributed by atoms with Crippen molar-refractivity contribution in [2.75, 3.05) is 31.0 Å². The van der Waals surface area contributed by atoms with Gasteiger partial charge in [0.15, 0.2) is 0 Å². The van der Waals surface area contributed by atoms with Crippen LogP contribution in [0, 0.1) is 5.41 Å². The Balaban J connectivity index is 0.00000231. The van der Waals surface area contributed by atoms with Crippen molar-refractivity contribution >= 4 is 63.4 Å². The van der Waals surface area contributed by atoms with Crippen molar-refractivity contribution in [1.29, 1.82) is 5.41 Å². The quantitative estimate of drug-likeness (QED) is 0.266. The molecule has 0 radical (unpaired) electrons. The summed E-state index contributed by atoms with van der Waals surface area (Å²) < 4.78 is 5.53. The summed E-state index contributed by atoms with van der Waals surface area (Å²) in [5.74, 6) is 1.24. The van der Waals surface area contributed by atoms with Gasteiger partial charge in [-0.2, -0.15) is 0 Å². The predicted octanol–water partition coefficient (Wildman–Crippen LogP) is 6.41. The summed E-state index contributed by atoms with van der Waals surface area (Å²) in [6, 6.07) is 22.7. The summed E-state index contributed by atoms with van der Waals surface area (Å²) in [6.07, 6.45) is 4.31. The Morgan fingerprint density at radius 3 is 2.00 bits per heavy atom. The van der Waals surface area contributed by atoms with Gasteiger partial charge in [0.25, 0.3) is 0 Å². The molecule has 1 aliphatic rings. The Kier molecular flexibility index (Phi) is 5.34. The van der Waals surface area contributed by atoms with E-state index in [9.17, 15) is 0 Å². The average molecular weight is 430 g/mol. The van der Waals surface area contributed by atoms with E-state index in [1.54, 1.807) is 7.11 Å². The maximum Gasteiger partial charge on any atom is 0.202 e. The van der Waals surface area contributed by atoms with Gasteiger partial charge in [-0.1, -0.05) is 60.7 Å². The summed E-state index contributed by atoms with van der Waals surface area (Å²) in [4.78, 5) is 3.86. The summed E-state index contributed by atoms with van der Waals surface area (Å²) >= 11 is 0. The fraction of sp³-hybridized carbons (Fsp3) is 0.115. The van der Waals surface area contributed by atoms with Gasteiger partial charge in [-0.05, 0) is 34.7 Å². The van der Waals surface area contributed by atoms with E-state index < -0.39 is 0 Å². The summed E-state index contributed by atoms with van der Waals surface area (Å²) in [6.45, 7) is 0. The van der Waals surface area contributed by atoms with Crippen LogP contribution in [0.25, 0.3) is 33.7 Å². The van der Waals surface area contributed by atoms with Crippen molar-refractivity contribution < 1.29 is 4.74 Å². The van der Waals surface area contributed by atoms with E-state index in [2.05, 4.69) is 54.6 Å². The van der Waals surface area contributed by atoms with Crippen LogP contribution in [0.3, 0.4) is 0 Å². The van der Waals surface area contributed by atoms with Crippen molar-refractivity contribution in [3.05, 3.63) is 77.9 Å². The van der Waals surface area contributed by atoms with Crippen molar-refractivity contribution in [1.82, 2.24) is 0 Å². The van der Waals surface area contributed by atoms with E-state index in [-0.39, 0.29) is 12.4 Å². The number of benzene rings is 4. The molecule has 5 rings (SSSR count). The predicted molar refractivity (Wildman–Crippen MR) is 135 cm³/mol. The maximum absolute atomic E-state index is 8.95. The zero-order valence-electron chi connectivity index (χ0n) is 17.7. The highest BCUT2D eigenvalue weighted by Gasteiger charge is 2.20. The number of anilines is 2. The molecule has 0 spiro atoms. The number of guanidine groups is 1. The van der Waals surface area contributed by atoms with E-state index in [0.717, 1.165) is 33.3 Å². The molecule has 0 heterocycles. The number of rotatable bonds is 3. The second kappa shape index (κ2) is 7.97. The number of nitrogens with zero attached hydrogens (tertiary/aromatic N) is 2. The first-order valence-corrected chi connectivity index (χ1v) is 9.95. The zero-order chi connectivity index (χ0) is 20.8. The highest BCUT2D eigenvalue weighted by molar-refractivity contribution is 6.16. The van der Waals surface area contributed by atoms with Crippen LogP contribution in [-0.4, -0.2) is 27.2 Å². The SMILES string of the molecule is COc1ccc(N(C)C(=N)N(C)c2ccc3c4c(cccc24)C=C3)c2ccccc12.Cl. The number of halogens is 1. The largest absolute Gasteiger partial charge is 0.496 e. The van der Waals surface area contributed by atoms with Crippen LogP contribution >= 0.6 is 12.4 Å². The third kappa shape index (κ3) is 3.20. The number of hydrogen-bond acceptors (Lipinski definition) is 2. The molecule has 0 amide bonds. The topological polar surface area (TPSA) is 39.6 Å². The second-order valence-corrected chi connectivity index (χ2v) is 7.55. The van der Waals surface area contributed by atoms with Crippen LogP contribution in [0.1, 0.15) is 11.1 Å². The molecule has 4 nitrogen and oxygen atoms in total. The van der Waals surface area contributed by atoms with Crippen molar-refractivity contribution in [3.63, 3.8) is 0 Å². The summed E-state index contributed by atoms with van der Waals surface area (Å²) in [5.41, 5.74) is 4.46. The molecule has 0 atom stereocenters. The van der Waals surface area contributed by atoms with Crippen molar-refractivity contribution in [3.8, 4) is 5.75 Å². The first-order valence-electron chi connectivity index (χ1n) is 9.95. The highest BCUT2D eigenvalue weighted by atomic mass is 35.5. The molecule has 0 aromatic heterocycles. The fourth-order valence-electron chi connectivity index (χ4n) is 4.38. The van der Waals surface area contributed by atoms with Crippen LogP contribution in [0.15, 0.2) is 66.7 Å². The molecule has 0 saturated heterocycles. The van der Waals surface area contributed by atoms with Gasteiger partial charge in [0.05, 0.1) is 18.5 Å². The van der Waals surface area contributed by atoms with Gasteiger partial charge in [0.2, 0.25) is 5.96 Å². The first kappa shape index (κ1) is 20.8. The minimum absolute atomic E-state index is 0. The normalized spacial score (nSPS) is 11.5. The number of ether oxygens (including phenoxy) is 1. The Morgan fingerprint density at radius 1 is 0.710 bits per heavy atom. The third-order valence-electron chi connectivity index (χ3n) is 5.96. The molecular weight excluding hydrogens is 406 g/mol. The number of hydrogen-bond donors (Lipinski definition) is 1. The smallest absolute Gasteiger partial charge is 0.202 e. The maximum atomic E-state index is 8.95. The number of nitrogens with one attached hydrogen (secondary N) is 1. The Labute approximate surface area is 188 Å². The molecule has 5 heteroatoms. The Hall–Kier alpha value is -3.50. The van der Waals surface area contributed by atoms with Crippen LogP contribution in [-0.2, 0) is 0 Å². The average Bonchev–Trinajstić information content (AvgIpc) is 3.22. The minimum Gasteiger partial charge on any atom is -0.496 e. The lowest BCUT2D eigenvalue weighted by atomic mass is 10.0. The molecular formula is C26H24ClN3O. The van der Waals surface area contributed by atoms with Crippen LogP contribution in [0.4, 0.5) is 11.4 Å². The van der Waals surface area contributed by atoms with E-state index in [1.807, 2.05) is 48.2 Å². The Morgan fingerprint density at radius 2 is 1.29 bits per heavy atom. The molecule has 1 aliphatic carbocycles. The first-order chi connectivity index (χ1) is 14.6. The number of fused-ring (bicyclic) bond motifs is 1. The number of methoxy groups -OCH3 is 1. The van der Waals surface area contributed by atoms with Crippen LogP contribution in [0.5, 0.6) is 5.75 Å². The molecule has 1 N–H and O–H groups in total. The van der Waals surface area contributed by atoms with Crippen LogP contribution < -0.4 is 14.5 Å². The lowest BCUT2D eigenvalue weighted by Crippen LogP contribution is -2.39. The lowest BCUT2D eigenvalue weighted by Gasteiger charge is -2.30. The minimum atomic E-state index is 0. The van der Waals surface area contributed by atoms with Crippen LogP contribution in [0.2, 0.25) is 0 Å². The standard InChI is InChI=1S/C26H23N3O.ClH/c1-28(22-15-16-24(30-3)20-9-5-4-8-19(20)22)26(27)29(2)23-14-13-18-12-11-17-7-6-10-21(23)25(17)18;/h4-16,27H,1-3H3;1H. The molecule has 0 saturated carbocycles. The highest BCUT2D eigenvalue weighted by Crippen LogP contribution is 2.38. The molecule has 0 fully saturated rings. The molecule has 31 heavy (non-hydrogen) atoms. The monoisotopic (exact) mass is 429 g/mol. The van der Waals surface area contributed by atoms with Gasteiger partial charge in [0.1, 0.15) is 5.75 Å². The van der Waals surface area contributed by atoms with E-state index in [0.29, 0.717) is 5.96 Å². The van der Waals surface area contributed by atoms with Crippen molar-refractivity contribution in [2.24, 2.45) is 0 Å². The summed E-state index contributed by atoms with van der Waals surface area (Å²) in [7, 11) is 5.58. The second-order valence-electron chi connectivity index (χ2n) is 7.55. The molecule has 4 aromatic carbocycles. The van der Waals surface area contributed by atoms with E-state index >= 15 is 0 Å². The third-order valence-corrected chi connectivity index (χ3v) is 5.96.